The summed E-state index contributed by atoms with van der Waals surface area (Å²) in [4.78, 5) is 13.0. The van der Waals surface area contributed by atoms with Gasteiger partial charge in [0.05, 0.1) is 12.7 Å². The molecule has 1 atom stereocenters. The molecular weight excluding hydrogens is 218 g/mol. The summed E-state index contributed by atoms with van der Waals surface area (Å²) in [6.07, 6.45) is -0.516. The lowest BCUT2D eigenvalue weighted by Crippen LogP contribution is -2.31. The summed E-state index contributed by atoms with van der Waals surface area (Å²) in [6.45, 7) is 2.35. The number of carbonyl (C=O) groups excluding carboxylic acids is 1. The molecule has 0 saturated heterocycles. The van der Waals surface area contributed by atoms with Crippen molar-refractivity contribution in [2.75, 3.05) is 32.2 Å². The summed E-state index contributed by atoms with van der Waals surface area (Å²) >= 11 is 0. The molecule has 0 aliphatic heterocycles. The monoisotopic (exact) mass is 237 g/mol. The lowest BCUT2D eigenvalue weighted by molar-refractivity contribution is 0.0695. The highest BCUT2D eigenvalue weighted by molar-refractivity contribution is 5.94. The minimum Gasteiger partial charge on any atom is -0.389 e. The number of Topliss-reactive ketones (excluding diaryl/α,β-unsaturated/α-hetero) is 1. The number of ketones is 1. The largest absolute Gasteiger partial charge is 0.389 e. The zero-order valence-electron chi connectivity index (χ0n) is 10.5. The van der Waals surface area contributed by atoms with Crippen molar-refractivity contribution in [1.29, 1.82) is 0 Å². The second-order valence-electron chi connectivity index (χ2n) is 4.09. The number of benzene rings is 1. The standard InChI is InChI=1S/C13H19NO3/c1-10(15)11-4-6-12(7-5-11)14(2)8-13(16)9-17-3/h4-7,13,16H,8-9H2,1-3H3. The predicted octanol–water partition coefficient (Wildman–Crippen LogP) is 1.33. The Kier molecular flexibility index (Phi) is 5.12. The molecule has 17 heavy (non-hydrogen) atoms. The van der Waals surface area contributed by atoms with Crippen LogP contribution in [0.2, 0.25) is 0 Å². The first kappa shape index (κ1) is 13.7. The second-order valence-corrected chi connectivity index (χ2v) is 4.09. The molecule has 1 rings (SSSR count). The Morgan fingerprint density at radius 1 is 1.41 bits per heavy atom. The van der Waals surface area contributed by atoms with Crippen molar-refractivity contribution >= 4 is 11.5 Å². The summed E-state index contributed by atoms with van der Waals surface area (Å²) in [5.41, 5.74) is 1.66. The fraction of sp³-hybridized carbons (Fsp3) is 0.462. The third kappa shape index (κ3) is 4.17. The molecule has 4 nitrogen and oxygen atoms in total. The van der Waals surface area contributed by atoms with E-state index < -0.39 is 6.10 Å². The molecule has 0 spiro atoms. The Hall–Kier alpha value is -1.39. The highest BCUT2D eigenvalue weighted by Gasteiger charge is 2.08. The van der Waals surface area contributed by atoms with Crippen molar-refractivity contribution in [3.63, 3.8) is 0 Å². The Labute approximate surface area is 102 Å². The summed E-state index contributed by atoms with van der Waals surface area (Å²) in [6, 6.07) is 7.32. The van der Waals surface area contributed by atoms with Crippen LogP contribution in [0.4, 0.5) is 5.69 Å². The maximum absolute atomic E-state index is 11.1. The van der Waals surface area contributed by atoms with Gasteiger partial charge in [0, 0.05) is 32.0 Å². The molecule has 1 unspecified atom stereocenters. The SMILES string of the molecule is COCC(O)CN(C)c1ccc(C(C)=O)cc1. The molecular formula is C13H19NO3. The van der Waals surface area contributed by atoms with Crippen LogP contribution in [0.25, 0.3) is 0 Å². The van der Waals surface area contributed by atoms with E-state index in [0.717, 1.165) is 5.69 Å². The second kappa shape index (κ2) is 6.37. The zero-order valence-corrected chi connectivity index (χ0v) is 10.5. The molecule has 94 valence electrons. The van der Waals surface area contributed by atoms with Crippen LogP contribution >= 0.6 is 0 Å². The van der Waals surface area contributed by atoms with Crippen LogP contribution < -0.4 is 4.90 Å². The van der Waals surface area contributed by atoms with E-state index in [1.165, 1.54) is 0 Å². The van der Waals surface area contributed by atoms with E-state index in [0.29, 0.717) is 18.7 Å². The van der Waals surface area contributed by atoms with Crippen molar-refractivity contribution < 1.29 is 14.6 Å². The Morgan fingerprint density at radius 2 is 2.00 bits per heavy atom. The van der Waals surface area contributed by atoms with Gasteiger partial charge in [-0.3, -0.25) is 4.79 Å². The summed E-state index contributed by atoms with van der Waals surface area (Å²) < 4.78 is 4.87. The van der Waals surface area contributed by atoms with E-state index in [4.69, 9.17) is 4.74 Å². The van der Waals surface area contributed by atoms with Gasteiger partial charge in [-0.1, -0.05) is 0 Å². The number of aliphatic hydroxyl groups excluding tert-OH is 1. The van der Waals surface area contributed by atoms with Crippen LogP contribution in [0.5, 0.6) is 0 Å². The van der Waals surface area contributed by atoms with Gasteiger partial charge in [-0.25, -0.2) is 0 Å². The number of likely N-dealkylation sites (N-methyl/N-ethyl adjacent to an activating group) is 1. The number of methoxy groups -OCH3 is 1. The van der Waals surface area contributed by atoms with E-state index in [1.54, 1.807) is 26.2 Å². The van der Waals surface area contributed by atoms with Gasteiger partial charge in [0.15, 0.2) is 5.78 Å². The molecule has 1 N–H and O–H groups in total. The number of nitrogens with zero attached hydrogens (tertiary/aromatic N) is 1. The minimum atomic E-state index is -0.516. The maximum atomic E-state index is 11.1. The quantitative estimate of drug-likeness (QED) is 0.758. The average molecular weight is 237 g/mol. The average Bonchev–Trinajstić information content (AvgIpc) is 2.29. The number of ether oxygens (including phenoxy) is 1. The number of hydrogen-bond donors (Lipinski definition) is 1. The Balaban J connectivity index is 2.63. The zero-order chi connectivity index (χ0) is 12.8. The topological polar surface area (TPSA) is 49.8 Å². The van der Waals surface area contributed by atoms with Crippen molar-refractivity contribution in [3.05, 3.63) is 29.8 Å². The molecule has 0 heterocycles. The molecule has 0 aromatic heterocycles. The normalized spacial score (nSPS) is 12.2. The first-order valence-corrected chi connectivity index (χ1v) is 5.53. The fourth-order valence-electron chi connectivity index (χ4n) is 1.62. The van der Waals surface area contributed by atoms with Crippen LogP contribution in [0.1, 0.15) is 17.3 Å². The minimum absolute atomic E-state index is 0.0543. The molecule has 0 bridgehead atoms. The molecule has 0 saturated carbocycles. The van der Waals surface area contributed by atoms with E-state index >= 15 is 0 Å². The van der Waals surface area contributed by atoms with Crippen molar-refractivity contribution in [1.82, 2.24) is 0 Å². The lowest BCUT2D eigenvalue weighted by atomic mass is 10.1. The number of hydrogen-bond acceptors (Lipinski definition) is 4. The van der Waals surface area contributed by atoms with Gasteiger partial charge in [0.1, 0.15) is 0 Å². The van der Waals surface area contributed by atoms with E-state index in [9.17, 15) is 9.90 Å². The molecule has 0 aliphatic rings. The van der Waals surface area contributed by atoms with E-state index in [2.05, 4.69) is 0 Å². The van der Waals surface area contributed by atoms with Crippen molar-refractivity contribution in [3.8, 4) is 0 Å². The number of aliphatic hydroxyl groups is 1. The van der Waals surface area contributed by atoms with Gasteiger partial charge < -0.3 is 14.7 Å². The van der Waals surface area contributed by atoms with Crippen molar-refractivity contribution in [2.45, 2.75) is 13.0 Å². The van der Waals surface area contributed by atoms with Crippen molar-refractivity contribution in [2.24, 2.45) is 0 Å². The highest BCUT2D eigenvalue weighted by Crippen LogP contribution is 2.14. The number of anilines is 1. The smallest absolute Gasteiger partial charge is 0.159 e. The highest BCUT2D eigenvalue weighted by atomic mass is 16.5. The molecule has 0 amide bonds. The van der Waals surface area contributed by atoms with Gasteiger partial charge >= 0.3 is 0 Å². The lowest BCUT2D eigenvalue weighted by Gasteiger charge is -2.22. The van der Waals surface area contributed by atoms with Crippen LogP contribution in [-0.4, -0.2) is 44.3 Å². The van der Waals surface area contributed by atoms with Gasteiger partial charge in [0.2, 0.25) is 0 Å². The molecule has 0 radical (unpaired) electrons. The number of rotatable bonds is 6. The van der Waals surface area contributed by atoms with Crippen LogP contribution in [-0.2, 0) is 4.74 Å². The molecule has 1 aromatic rings. The third-order valence-electron chi connectivity index (χ3n) is 2.56. The Morgan fingerprint density at radius 3 is 2.47 bits per heavy atom. The molecule has 1 aromatic carbocycles. The fourth-order valence-corrected chi connectivity index (χ4v) is 1.62. The van der Waals surface area contributed by atoms with Crippen LogP contribution in [0.15, 0.2) is 24.3 Å². The molecule has 4 heteroatoms. The first-order chi connectivity index (χ1) is 8.04. The third-order valence-corrected chi connectivity index (χ3v) is 2.56. The maximum Gasteiger partial charge on any atom is 0.159 e. The first-order valence-electron chi connectivity index (χ1n) is 5.53. The number of carbonyl (C=O) groups is 1. The molecule has 0 aliphatic carbocycles. The summed E-state index contributed by atoms with van der Waals surface area (Å²) in [5.74, 6) is 0.0543. The van der Waals surface area contributed by atoms with Gasteiger partial charge in [-0.05, 0) is 31.2 Å². The summed E-state index contributed by atoms with van der Waals surface area (Å²) in [7, 11) is 3.45. The summed E-state index contributed by atoms with van der Waals surface area (Å²) in [5, 5.41) is 9.60. The van der Waals surface area contributed by atoms with Crippen LogP contribution in [0.3, 0.4) is 0 Å². The van der Waals surface area contributed by atoms with E-state index in [-0.39, 0.29) is 5.78 Å². The van der Waals surface area contributed by atoms with Gasteiger partial charge in [-0.15, -0.1) is 0 Å². The van der Waals surface area contributed by atoms with Gasteiger partial charge in [0.25, 0.3) is 0 Å². The Bertz CT molecular complexity index is 361. The van der Waals surface area contributed by atoms with E-state index in [1.807, 2.05) is 24.1 Å². The predicted molar refractivity (Wildman–Crippen MR) is 67.6 cm³/mol. The van der Waals surface area contributed by atoms with Crippen LogP contribution in [0, 0.1) is 0 Å². The van der Waals surface area contributed by atoms with Gasteiger partial charge in [-0.2, -0.15) is 0 Å². The molecule has 0 fully saturated rings.